The Morgan fingerprint density at radius 2 is 1.22 bits per heavy atom. The monoisotopic (exact) mass is 650 g/mol. The van der Waals surface area contributed by atoms with Gasteiger partial charge in [0, 0.05) is 22.4 Å². The summed E-state index contributed by atoms with van der Waals surface area (Å²) < 4.78 is 142. The third-order valence-electron chi connectivity index (χ3n) is 6.68. The van der Waals surface area contributed by atoms with E-state index in [1.165, 1.54) is 27.7 Å². The summed E-state index contributed by atoms with van der Waals surface area (Å²) in [4.78, 5) is 5.53. The number of aryl methyl sites for hydroxylation is 1. The molecule has 0 radical (unpaired) electrons. The average molecular weight is 650 g/mol. The van der Waals surface area contributed by atoms with Crippen LogP contribution < -0.4 is 0 Å². The molecule has 0 saturated carbocycles. The molecule has 45 heavy (non-hydrogen) atoms. The first kappa shape index (κ1) is 35.9. The van der Waals surface area contributed by atoms with E-state index in [-0.39, 0.29) is 17.0 Å². The van der Waals surface area contributed by atoms with Crippen LogP contribution in [0.3, 0.4) is 0 Å². The van der Waals surface area contributed by atoms with Gasteiger partial charge in [-0.2, -0.15) is 43.9 Å². The smallest absolute Gasteiger partial charge is 0.385 e. The van der Waals surface area contributed by atoms with Gasteiger partial charge in [-0.3, -0.25) is 0 Å². The molecule has 1 aliphatic heterocycles. The summed E-state index contributed by atoms with van der Waals surface area (Å²) >= 11 is 0. The summed E-state index contributed by atoms with van der Waals surface area (Å²) in [5.74, 6) is -11.0. The van der Waals surface area contributed by atoms with Gasteiger partial charge in [-0.15, -0.1) is 0 Å². The van der Waals surface area contributed by atoms with Crippen molar-refractivity contribution in [3.63, 3.8) is 0 Å². The minimum absolute atomic E-state index is 0.0307. The number of alkyl halides is 10. The molecule has 0 unspecified atom stereocenters. The number of hydrogen-bond acceptors (Lipinski definition) is 4. The van der Waals surface area contributed by atoms with Crippen LogP contribution >= 0.6 is 0 Å². The first-order valence-corrected chi connectivity index (χ1v) is 13.3. The van der Waals surface area contributed by atoms with Crippen LogP contribution in [0.2, 0.25) is 0 Å². The highest BCUT2D eigenvalue weighted by molar-refractivity contribution is 6.42. The van der Waals surface area contributed by atoms with Gasteiger partial charge in [-0.25, -0.2) is 4.99 Å². The number of hydrogen-bond donors (Lipinski definition) is 0. The molecule has 1 heterocycles. The zero-order valence-electron chi connectivity index (χ0n) is 24.8. The zero-order valence-corrected chi connectivity index (χ0v) is 24.8. The summed E-state index contributed by atoms with van der Waals surface area (Å²) in [6.45, 7) is 6.35. The van der Waals surface area contributed by atoms with E-state index in [1.807, 2.05) is 31.2 Å². The summed E-state index contributed by atoms with van der Waals surface area (Å²) in [5, 5.41) is 0. The second-order valence-electron chi connectivity index (χ2n) is 10.6. The maximum Gasteiger partial charge on any atom is 0.598 e. The Morgan fingerprint density at radius 3 is 1.64 bits per heavy atom. The third-order valence-corrected chi connectivity index (χ3v) is 6.68. The van der Waals surface area contributed by atoms with Crippen molar-refractivity contribution in [3.8, 4) is 0 Å². The number of allylic oxidation sites excluding steroid dienone is 3. The van der Waals surface area contributed by atoms with Crippen LogP contribution in [0.4, 0.5) is 43.9 Å². The maximum atomic E-state index is 13.9. The number of halogens is 10. The fourth-order valence-electron chi connectivity index (χ4n) is 4.44. The molecule has 0 N–H and O–H groups in total. The molecule has 2 aromatic rings. The van der Waals surface area contributed by atoms with Crippen molar-refractivity contribution in [2.45, 2.75) is 58.8 Å². The molecule has 3 rings (SSSR count). The molecule has 0 aromatic heterocycles. The van der Waals surface area contributed by atoms with Crippen molar-refractivity contribution in [2.75, 3.05) is 13.2 Å². The van der Waals surface area contributed by atoms with E-state index in [0.717, 1.165) is 15.9 Å². The van der Waals surface area contributed by atoms with E-state index >= 15 is 0 Å². The van der Waals surface area contributed by atoms with Crippen molar-refractivity contribution in [1.82, 2.24) is 4.81 Å². The van der Waals surface area contributed by atoms with E-state index in [9.17, 15) is 43.9 Å². The van der Waals surface area contributed by atoms with Gasteiger partial charge >= 0.3 is 31.5 Å². The average Bonchev–Trinajstić information content (AvgIpc) is 3.30. The van der Waals surface area contributed by atoms with Crippen LogP contribution in [0.5, 0.6) is 0 Å². The number of benzene rings is 2. The number of fused-ring (bicyclic) bond motifs is 1. The Morgan fingerprint density at radius 1 is 0.756 bits per heavy atom. The lowest BCUT2D eigenvalue weighted by atomic mass is 9.92. The Bertz CT molecular complexity index is 1480. The molecule has 244 valence electrons. The Labute approximate surface area is 253 Å². The molecule has 2 aromatic carbocycles. The van der Waals surface area contributed by atoms with Gasteiger partial charge in [0.2, 0.25) is 0 Å². The minimum Gasteiger partial charge on any atom is -0.385 e. The van der Waals surface area contributed by atoms with E-state index in [0.29, 0.717) is 28.1 Å². The Kier molecular flexibility index (Phi) is 10.4. The quantitative estimate of drug-likeness (QED) is 0.180. The SMILES string of the molecule is C=C(C)N(B(OCC(F)(F)C(F)(F)F)OCC(F)(F)C(F)(F)F)C(=C(C)C)/C(C)=C1\N=C(c2ccc(C)cc2)c2ccccc21. The molecule has 0 amide bonds. The summed E-state index contributed by atoms with van der Waals surface area (Å²) in [5.41, 5.74) is 4.21. The van der Waals surface area contributed by atoms with Crippen molar-refractivity contribution in [3.05, 3.63) is 99.9 Å². The fraction of sp³-hybridized carbons (Fsp3) is 0.367. The second kappa shape index (κ2) is 13.0. The fourth-order valence-corrected chi connectivity index (χ4v) is 4.44. The maximum absolute atomic E-state index is 13.9. The topological polar surface area (TPSA) is 34.1 Å². The summed E-state index contributed by atoms with van der Waals surface area (Å²) in [7, 11) is -2.62. The largest absolute Gasteiger partial charge is 0.598 e. The second-order valence-corrected chi connectivity index (χ2v) is 10.6. The van der Waals surface area contributed by atoms with E-state index in [4.69, 9.17) is 4.99 Å². The lowest BCUT2D eigenvalue weighted by molar-refractivity contribution is -0.296. The van der Waals surface area contributed by atoms with Crippen LogP contribution in [0.15, 0.2) is 82.6 Å². The molecule has 0 atom stereocenters. The highest BCUT2D eigenvalue weighted by atomic mass is 19.4. The molecule has 15 heteroatoms. The molecule has 1 aliphatic rings. The van der Waals surface area contributed by atoms with Crippen LogP contribution in [-0.4, -0.2) is 55.2 Å². The molecule has 4 nitrogen and oxygen atoms in total. The third kappa shape index (κ3) is 7.80. The lowest BCUT2D eigenvalue weighted by Crippen LogP contribution is -2.51. The zero-order chi connectivity index (χ0) is 34.1. The van der Waals surface area contributed by atoms with Gasteiger partial charge in [-0.05, 0) is 45.9 Å². The van der Waals surface area contributed by atoms with E-state index in [2.05, 4.69) is 15.9 Å². The van der Waals surface area contributed by atoms with Gasteiger partial charge in [0.05, 0.1) is 11.4 Å². The molecular weight excluding hydrogens is 621 g/mol. The van der Waals surface area contributed by atoms with Crippen LogP contribution in [0, 0.1) is 6.92 Å². The lowest BCUT2D eigenvalue weighted by Gasteiger charge is -2.35. The molecule has 0 aliphatic carbocycles. The Hall–Kier alpha value is -3.59. The van der Waals surface area contributed by atoms with Crippen molar-refractivity contribution in [1.29, 1.82) is 0 Å². The summed E-state index contributed by atoms with van der Waals surface area (Å²) in [6, 6.07) is 14.4. The van der Waals surface area contributed by atoms with Gasteiger partial charge in [0.25, 0.3) is 0 Å². The highest BCUT2D eigenvalue weighted by Crippen LogP contribution is 2.40. The Balaban J connectivity index is 2.19. The molecule has 0 bridgehead atoms. The number of rotatable bonds is 11. The molecule has 0 spiro atoms. The van der Waals surface area contributed by atoms with Crippen molar-refractivity contribution in [2.24, 2.45) is 4.99 Å². The van der Waals surface area contributed by atoms with Crippen LogP contribution in [0.25, 0.3) is 5.70 Å². The van der Waals surface area contributed by atoms with Crippen LogP contribution in [-0.2, 0) is 9.31 Å². The normalized spacial score (nSPS) is 15.0. The van der Waals surface area contributed by atoms with Crippen molar-refractivity contribution >= 4 is 18.7 Å². The van der Waals surface area contributed by atoms with Gasteiger partial charge in [0.1, 0.15) is 13.2 Å². The van der Waals surface area contributed by atoms with Crippen molar-refractivity contribution < 1.29 is 53.2 Å². The summed E-state index contributed by atoms with van der Waals surface area (Å²) in [6.07, 6.45) is -12.2. The first-order valence-electron chi connectivity index (χ1n) is 13.3. The van der Waals surface area contributed by atoms with Gasteiger partial charge in [0.15, 0.2) is 0 Å². The first-order chi connectivity index (χ1) is 20.6. The van der Waals surface area contributed by atoms with Gasteiger partial charge in [-0.1, -0.05) is 66.2 Å². The predicted octanol–water partition coefficient (Wildman–Crippen LogP) is 9.12. The number of aliphatic imine (C=N–C) groups is 1. The van der Waals surface area contributed by atoms with Gasteiger partial charge < -0.3 is 14.1 Å². The number of nitrogens with zero attached hydrogens (tertiary/aromatic N) is 2. The molecular formula is C30H29BF10N2O2. The minimum atomic E-state index is -6.12. The molecule has 0 fully saturated rings. The van der Waals surface area contributed by atoms with Crippen LogP contribution in [0.1, 0.15) is 49.9 Å². The van der Waals surface area contributed by atoms with E-state index in [1.54, 1.807) is 24.3 Å². The highest BCUT2D eigenvalue weighted by Gasteiger charge is 2.60. The predicted molar refractivity (Wildman–Crippen MR) is 151 cm³/mol. The standard InChI is InChI=1S/C30H29BF10N2O2/c1-17(2)26(20(6)24-22-9-7-8-10-23(22)25(42-24)21-13-11-19(5)12-14-21)43(18(3)4)31(44-15-27(32,33)29(36,37)38)45-16-28(34,35)30(39,40)41/h7-14H,3,15-16H2,1-2,4-6H3/b24-20-. The van der Waals surface area contributed by atoms with E-state index < -0.39 is 44.7 Å². The molecule has 0 saturated heterocycles.